The molecule has 4 aromatic rings. The van der Waals surface area contributed by atoms with E-state index >= 15 is 0 Å². The monoisotopic (exact) mass is 463 g/mol. The molecule has 0 spiro atoms. The quantitative estimate of drug-likeness (QED) is 0.411. The van der Waals surface area contributed by atoms with Gasteiger partial charge in [0, 0.05) is 30.5 Å². The van der Waals surface area contributed by atoms with Crippen LogP contribution in [0.1, 0.15) is 68.8 Å². The molecule has 0 saturated heterocycles. The van der Waals surface area contributed by atoms with Crippen LogP contribution in [0.5, 0.6) is 11.8 Å². The number of hydrogen-bond donors (Lipinski definition) is 0. The highest BCUT2D eigenvalue weighted by atomic mass is 16.5. The third kappa shape index (κ3) is 4.08. The van der Waals surface area contributed by atoms with E-state index in [9.17, 15) is 0 Å². The van der Waals surface area contributed by atoms with Crippen molar-refractivity contribution in [3.63, 3.8) is 0 Å². The molecule has 178 valence electrons. The zero-order chi connectivity index (χ0) is 23.8. The van der Waals surface area contributed by atoms with Crippen LogP contribution in [0.15, 0.2) is 23.0 Å². The molecule has 0 aliphatic heterocycles. The molecule has 34 heavy (non-hydrogen) atoms. The van der Waals surface area contributed by atoms with Crippen molar-refractivity contribution in [1.82, 2.24) is 34.9 Å². The lowest BCUT2D eigenvalue weighted by molar-refractivity contribution is 0.135. The van der Waals surface area contributed by atoms with Gasteiger partial charge in [0.05, 0.1) is 12.8 Å². The number of methoxy groups -OCH3 is 1. The number of rotatable bonds is 6. The predicted octanol–water partition coefficient (Wildman–Crippen LogP) is 4.35. The van der Waals surface area contributed by atoms with Crippen molar-refractivity contribution in [3.05, 3.63) is 35.9 Å². The lowest BCUT2D eigenvalue weighted by Crippen LogP contribution is -2.24. The Morgan fingerprint density at radius 3 is 2.56 bits per heavy atom. The number of ether oxygens (including phenoxy) is 2. The van der Waals surface area contributed by atoms with Crippen molar-refractivity contribution in [1.29, 1.82) is 0 Å². The summed E-state index contributed by atoms with van der Waals surface area (Å²) in [5, 5.41) is 8.83. The minimum absolute atomic E-state index is 0.0598. The number of aromatic nitrogens is 7. The maximum Gasteiger partial charge on any atom is 0.243 e. The molecule has 1 fully saturated rings. The molecule has 4 heterocycles. The van der Waals surface area contributed by atoms with Gasteiger partial charge in [-0.15, -0.1) is 0 Å². The van der Waals surface area contributed by atoms with Gasteiger partial charge in [-0.25, -0.2) is 9.97 Å². The van der Waals surface area contributed by atoms with Crippen LogP contribution in [0.2, 0.25) is 0 Å². The van der Waals surface area contributed by atoms with Crippen LogP contribution in [0.3, 0.4) is 0 Å². The van der Waals surface area contributed by atoms with Crippen LogP contribution in [0, 0.1) is 6.92 Å². The van der Waals surface area contributed by atoms with E-state index in [-0.39, 0.29) is 17.9 Å². The molecule has 0 amide bonds. The van der Waals surface area contributed by atoms with Gasteiger partial charge in [-0.05, 0) is 38.7 Å². The van der Waals surface area contributed by atoms with Crippen molar-refractivity contribution >= 4 is 11.0 Å². The van der Waals surface area contributed by atoms with Gasteiger partial charge in [0.2, 0.25) is 17.7 Å². The lowest BCUT2D eigenvalue weighted by atomic mass is 9.87. The van der Waals surface area contributed by atoms with Gasteiger partial charge in [-0.1, -0.05) is 19.0 Å². The molecule has 0 aromatic carbocycles. The Bertz CT molecular complexity index is 1310. The summed E-state index contributed by atoms with van der Waals surface area (Å²) in [5.41, 5.74) is 3.98. The molecule has 10 nitrogen and oxygen atoms in total. The Kier molecular flexibility index (Phi) is 5.89. The molecular weight excluding hydrogens is 434 g/mol. The minimum Gasteiger partial charge on any atom is -0.481 e. The highest BCUT2D eigenvalue weighted by Gasteiger charge is 2.29. The maximum atomic E-state index is 6.38. The first-order valence-corrected chi connectivity index (χ1v) is 11.6. The van der Waals surface area contributed by atoms with Crippen LogP contribution in [-0.2, 0) is 7.05 Å². The summed E-state index contributed by atoms with van der Waals surface area (Å²) >= 11 is 0. The fourth-order valence-corrected chi connectivity index (χ4v) is 4.48. The molecule has 0 radical (unpaired) electrons. The van der Waals surface area contributed by atoms with Crippen molar-refractivity contribution in [2.24, 2.45) is 7.05 Å². The highest BCUT2D eigenvalue weighted by molar-refractivity contribution is 5.93. The van der Waals surface area contributed by atoms with Crippen LogP contribution in [0.25, 0.3) is 22.3 Å². The second-order valence-electron chi connectivity index (χ2n) is 9.07. The Morgan fingerprint density at radius 2 is 1.88 bits per heavy atom. The van der Waals surface area contributed by atoms with E-state index in [0.717, 1.165) is 65.4 Å². The fraction of sp³-hybridized carbons (Fsp3) is 0.500. The van der Waals surface area contributed by atoms with E-state index in [1.807, 2.05) is 26.1 Å². The number of hydrogen-bond acceptors (Lipinski definition) is 9. The number of pyridine rings is 1. The minimum atomic E-state index is 0.0598. The molecule has 0 N–H and O–H groups in total. The molecule has 1 saturated carbocycles. The van der Waals surface area contributed by atoms with Gasteiger partial charge in [-0.2, -0.15) is 15.1 Å². The maximum absolute atomic E-state index is 6.38. The summed E-state index contributed by atoms with van der Waals surface area (Å²) in [6.45, 7) is 6.07. The highest BCUT2D eigenvalue weighted by Crippen LogP contribution is 2.36. The summed E-state index contributed by atoms with van der Waals surface area (Å²) in [6.07, 6.45) is 5.25. The Morgan fingerprint density at radius 1 is 1.09 bits per heavy atom. The first kappa shape index (κ1) is 22.2. The average Bonchev–Trinajstić information content (AvgIpc) is 3.46. The summed E-state index contributed by atoms with van der Waals surface area (Å²) in [7, 11) is 3.49. The topological polar surface area (TPSA) is 114 Å². The van der Waals surface area contributed by atoms with E-state index < -0.39 is 0 Å². The largest absolute Gasteiger partial charge is 0.481 e. The number of fused-ring (bicyclic) bond motifs is 1. The van der Waals surface area contributed by atoms with E-state index in [1.165, 1.54) is 6.33 Å². The molecule has 4 aromatic heterocycles. The number of nitrogens with zero attached hydrogens (tertiary/aromatic N) is 7. The van der Waals surface area contributed by atoms with Crippen molar-refractivity contribution < 1.29 is 14.0 Å². The van der Waals surface area contributed by atoms with Crippen LogP contribution in [-0.4, -0.2) is 48.1 Å². The fourth-order valence-electron chi connectivity index (χ4n) is 4.48. The van der Waals surface area contributed by atoms with Gasteiger partial charge < -0.3 is 14.0 Å². The molecule has 5 rings (SSSR count). The van der Waals surface area contributed by atoms with E-state index in [1.54, 1.807) is 11.8 Å². The normalized spacial score (nSPS) is 18.5. The molecule has 1 aliphatic carbocycles. The molecule has 0 atom stereocenters. The molecule has 1 aliphatic rings. The molecular formula is C24H29N7O3. The Hall–Kier alpha value is -3.56. The van der Waals surface area contributed by atoms with Gasteiger partial charge in [0.1, 0.15) is 29.2 Å². The van der Waals surface area contributed by atoms with Gasteiger partial charge in [-0.3, -0.25) is 4.68 Å². The van der Waals surface area contributed by atoms with Gasteiger partial charge in [0.15, 0.2) is 5.82 Å². The van der Waals surface area contributed by atoms with Crippen LogP contribution in [0.4, 0.5) is 0 Å². The lowest BCUT2D eigenvalue weighted by Gasteiger charge is -2.26. The zero-order valence-electron chi connectivity index (χ0n) is 20.1. The summed E-state index contributed by atoms with van der Waals surface area (Å²) < 4.78 is 18.9. The van der Waals surface area contributed by atoms with E-state index in [4.69, 9.17) is 19.1 Å². The van der Waals surface area contributed by atoms with Gasteiger partial charge >= 0.3 is 0 Å². The molecule has 10 heteroatoms. The van der Waals surface area contributed by atoms with Crippen LogP contribution >= 0.6 is 0 Å². The van der Waals surface area contributed by atoms with Crippen LogP contribution < -0.4 is 9.47 Å². The molecule has 0 bridgehead atoms. The smallest absolute Gasteiger partial charge is 0.243 e. The molecule has 0 unspecified atom stereocenters. The number of aryl methyl sites for hydroxylation is 2. The average molecular weight is 464 g/mol. The summed E-state index contributed by atoms with van der Waals surface area (Å²) in [6, 6.07) is 3.78. The van der Waals surface area contributed by atoms with Crippen molar-refractivity contribution in [3.8, 4) is 23.0 Å². The Balaban J connectivity index is 1.35. The third-order valence-corrected chi connectivity index (χ3v) is 6.39. The second-order valence-corrected chi connectivity index (χ2v) is 9.07. The third-order valence-electron chi connectivity index (χ3n) is 6.39. The second kappa shape index (κ2) is 9.00. The summed E-state index contributed by atoms with van der Waals surface area (Å²) in [4.78, 5) is 18.0. The van der Waals surface area contributed by atoms with Gasteiger partial charge in [0.25, 0.3) is 0 Å². The van der Waals surface area contributed by atoms with E-state index in [0.29, 0.717) is 11.8 Å². The summed E-state index contributed by atoms with van der Waals surface area (Å²) in [5.74, 6) is 3.17. The Labute approximate surface area is 197 Å². The first-order valence-electron chi connectivity index (χ1n) is 11.6. The zero-order valence-corrected chi connectivity index (χ0v) is 20.1. The SMILES string of the molecule is COc1ccc(-c2nn(C)c3c(OC4CCC(c5nc(C(C)C)no5)CC4)ncnc23)c(C)n1. The van der Waals surface area contributed by atoms with E-state index in [2.05, 4.69) is 38.9 Å². The first-order chi connectivity index (χ1) is 16.4. The van der Waals surface area contributed by atoms with Crippen molar-refractivity contribution in [2.75, 3.05) is 7.11 Å². The predicted molar refractivity (Wildman–Crippen MR) is 125 cm³/mol. The van der Waals surface area contributed by atoms with Crippen molar-refractivity contribution in [2.45, 2.75) is 64.4 Å². The standard InChI is InChI=1S/C24H29N7O3/c1-13(2)22-28-23(34-30-22)15-6-8-16(9-7-15)33-24-21-20(25-12-26-24)19(29-31(21)4)17-10-11-18(32-5)27-14(17)3/h10-13,15-16H,6-9H2,1-5H3.